The number of alkyl carbamates (subject to hydrolysis) is 2. The topological polar surface area (TPSA) is 155 Å². The Morgan fingerprint density at radius 1 is 0.625 bits per heavy atom. The Morgan fingerprint density at radius 3 is 1.29 bits per heavy atom. The lowest BCUT2D eigenvalue weighted by Crippen LogP contribution is -2.50. The van der Waals surface area contributed by atoms with Crippen molar-refractivity contribution in [3.63, 3.8) is 0 Å². The van der Waals surface area contributed by atoms with Crippen molar-refractivity contribution in [2.45, 2.75) is 97.4 Å². The highest BCUT2D eigenvalue weighted by Crippen LogP contribution is 2.10. The van der Waals surface area contributed by atoms with Crippen molar-refractivity contribution in [2.75, 3.05) is 26.2 Å². The molecule has 0 aliphatic carbocycles. The van der Waals surface area contributed by atoms with Gasteiger partial charge in [0.2, 0.25) is 17.7 Å². The van der Waals surface area contributed by atoms with Gasteiger partial charge in [-0.3, -0.25) is 14.4 Å². The van der Waals surface area contributed by atoms with Crippen LogP contribution in [-0.4, -0.2) is 84.3 Å². The molecule has 0 radical (unpaired) electrons. The van der Waals surface area contributed by atoms with Crippen LogP contribution in [0, 0.1) is 0 Å². The third-order valence-corrected chi connectivity index (χ3v) is 6.83. The molecule has 2 aromatic carbocycles. The highest BCUT2D eigenvalue weighted by Gasteiger charge is 2.26. The molecule has 0 bridgehead atoms. The first-order valence-corrected chi connectivity index (χ1v) is 16.4. The van der Waals surface area contributed by atoms with Crippen LogP contribution in [-0.2, 0) is 36.7 Å². The Hall–Kier alpha value is -4.61. The van der Waals surface area contributed by atoms with Crippen molar-refractivity contribution in [2.24, 2.45) is 0 Å². The molecule has 4 N–H and O–H groups in total. The van der Waals surface area contributed by atoms with Gasteiger partial charge in [-0.2, -0.15) is 0 Å². The van der Waals surface area contributed by atoms with Gasteiger partial charge in [0, 0.05) is 45.9 Å². The fraction of sp³-hybridized carbons (Fsp3) is 0.528. The van der Waals surface area contributed by atoms with E-state index in [4.69, 9.17) is 9.47 Å². The fourth-order valence-corrected chi connectivity index (χ4v) is 4.65. The van der Waals surface area contributed by atoms with Crippen LogP contribution < -0.4 is 21.3 Å². The number of hydrogen-bond donors (Lipinski definition) is 4. The summed E-state index contributed by atoms with van der Waals surface area (Å²) in [5, 5.41) is 11.1. The minimum absolute atomic E-state index is 0.130. The molecular formula is C36H53N5O7. The smallest absolute Gasteiger partial charge is 0.408 e. The number of benzene rings is 2. The minimum Gasteiger partial charge on any atom is -0.444 e. The summed E-state index contributed by atoms with van der Waals surface area (Å²) in [6.45, 7) is 13.3. The van der Waals surface area contributed by atoms with Gasteiger partial charge in [0.1, 0.15) is 23.3 Å². The van der Waals surface area contributed by atoms with Crippen molar-refractivity contribution in [1.29, 1.82) is 0 Å². The summed E-state index contributed by atoms with van der Waals surface area (Å²) in [4.78, 5) is 65.0. The molecule has 2 atom stereocenters. The Kier molecular flexibility index (Phi) is 15.9. The van der Waals surface area contributed by atoms with E-state index in [1.54, 1.807) is 46.4 Å². The zero-order chi connectivity index (χ0) is 35.7. The summed E-state index contributed by atoms with van der Waals surface area (Å²) < 4.78 is 10.7. The first-order chi connectivity index (χ1) is 22.5. The molecule has 2 rings (SSSR count). The van der Waals surface area contributed by atoms with E-state index in [-0.39, 0.29) is 43.7 Å². The van der Waals surface area contributed by atoms with Gasteiger partial charge in [-0.15, -0.1) is 0 Å². The number of amides is 5. The number of carbonyl (C=O) groups is 5. The Bertz CT molecular complexity index is 1230. The predicted octanol–water partition coefficient (Wildman–Crippen LogP) is 4.12. The zero-order valence-electron chi connectivity index (χ0n) is 29.4. The Labute approximate surface area is 284 Å². The molecular weight excluding hydrogens is 614 g/mol. The summed E-state index contributed by atoms with van der Waals surface area (Å²) in [6.07, 6.45) is 0.191. The van der Waals surface area contributed by atoms with Crippen LogP contribution in [0.4, 0.5) is 9.59 Å². The van der Waals surface area contributed by atoms with Crippen LogP contribution in [0.25, 0.3) is 0 Å². The number of nitrogens with zero attached hydrogens (tertiary/aromatic N) is 1. The van der Waals surface area contributed by atoms with Crippen molar-refractivity contribution >= 4 is 29.9 Å². The predicted molar refractivity (Wildman–Crippen MR) is 184 cm³/mol. The van der Waals surface area contributed by atoms with Crippen molar-refractivity contribution in [3.8, 4) is 0 Å². The van der Waals surface area contributed by atoms with E-state index in [9.17, 15) is 24.0 Å². The van der Waals surface area contributed by atoms with Crippen LogP contribution in [0.3, 0.4) is 0 Å². The van der Waals surface area contributed by atoms with E-state index in [0.717, 1.165) is 11.1 Å². The van der Waals surface area contributed by atoms with Gasteiger partial charge in [-0.25, -0.2) is 9.59 Å². The van der Waals surface area contributed by atoms with Gasteiger partial charge in [-0.1, -0.05) is 60.7 Å². The number of hydrogen-bond acceptors (Lipinski definition) is 7. The van der Waals surface area contributed by atoms with Crippen LogP contribution in [0.2, 0.25) is 0 Å². The summed E-state index contributed by atoms with van der Waals surface area (Å²) in [5.41, 5.74) is 0.348. The number of carbonyl (C=O) groups excluding carboxylic acids is 5. The average molecular weight is 668 g/mol. The van der Waals surface area contributed by atoms with Gasteiger partial charge in [0.05, 0.1) is 0 Å². The third-order valence-electron chi connectivity index (χ3n) is 6.83. The average Bonchev–Trinajstić information content (AvgIpc) is 2.98. The van der Waals surface area contributed by atoms with E-state index in [2.05, 4.69) is 21.3 Å². The van der Waals surface area contributed by atoms with E-state index < -0.39 is 35.5 Å². The van der Waals surface area contributed by atoms with Crippen molar-refractivity contribution in [3.05, 3.63) is 71.8 Å². The fourth-order valence-electron chi connectivity index (χ4n) is 4.65. The SMILES string of the molecule is CC(=O)N(CCCNC(=O)[C@H](Cc1ccccc1)NC(=O)OC(C)(C)C)CCCNC(=O)[C@H](Cc1ccccc1)NC(=O)OC(C)(C)C. The Balaban J connectivity index is 1.86. The van der Waals surface area contributed by atoms with Crippen LogP contribution in [0.1, 0.15) is 72.4 Å². The van der Waals surface area contributed by atoms with Gasteiger partial charge in [0.25, 0.3) is 0 Å². The molecule has 48 heavy (non-hydrogen) atoms. The van der Waals surface area contributed by atoms with Crippen LogP contribution >= 0.6 is 0 Å². The van der Waals surface area contributed by atoms with E-state index in [1.165, 1.54) is 6.92 Å². The van der Waals surface area contributed by atoms with E-state index in [1.807, 2.05) is 60.7 Å². The van der Waals surface area contributed by atoms with Gasteiger partial charge >= 0.3 is 12.2 Å². The molecule has 0 unspecified atom stereocenters. The second-order valence-corrected chi connectivity index (χ2v) is 13.6. The second kappa shape index (κ2) is 19.3. The van der Waals surface area contributed by atoms with Crippen molar-refractivity contribution in [1.82, 2.24) is 26.2 Å². The number of nitrogens with one attached hydrogen (secondary N) is 4. The second-order valence-electron chi connectivity index (χ2n) is 13.6. The summed E-state index contributed by atoms with van der Waals surface area (Å²) in [6, 6.07) is 17.0. The quantitative estimate of drug-likeness (QED) is 0.196. The van der Waals surface area contributed by atoms with E-state index >= 15 is 0 Å². The molecule has 0 aromatic heterocycles. The van der Waals surface area contributed by atoms with Gasteiger partial charge in [-0.05, 0) is 65.5 Å². The molecule has 0 saturated heterocycles. The molecule has 0 aliphatic rings. The summed E-state index contributed by atoms with van der Waals surface area (Å²) in [5.74, 6) is -0.839. The zero-order valence-corrected chi connectivity index (χ0v) is 29.4. The van der Waals surface area contributed by atoms with E-state index in [0.29, 0.717) is 25.9 Å². The normalized spacial score (nSPS) is 12.6. The number of rotatable bonds is 16. The highest BCUT2D eigenvalue weighted by molar-refractivity contribution is 5.86. The lowest BCUT2D eigenvalue weighted by Gasteiger charge is -2.24. The number of ether oxygens (including phenoxy) is 2. The lowest BCUT2D eigenvalue weighted by atomic mass is 10.1. The molecule has 0 saturated carbocycles. The standard InChI is InChI=1S/C36H53N5O7/c1-26(42)41(22-14-20-37-31(43)29(24-27-16-10-8-11-17-27)39-33(45)47-35(2,3)4)23-15-21-38-32(44)30(25-28-18-12-9-13-19-28)40-34(46)48-36(5,6)7/h8-13,16-19,29-30H,14-15,20-25H2,1-7H3,(H,37,43)(H,38,44)(H,39,45)(H,40,46)/t29-,30-/m0/s1. The first kappa shape index (κ1) is 39.6. The van der Waals surface area contributed by atoms with Crippen LogP contribution in [0.15, 0.2) is 60.7 Å². The molecule has 0 aliphatic heterocycles. The molecule has 0 fully saturated rings. The van der Waals surface area contributed by atoms with Gasteiger partial charge < -0.3 is 35.6 Å². The van der Waals surface area contributed by atoms with Crippen molar-refractivity contribution < 1.29 is 33.4 Å². The summed E-state index contributed by atoms with van der Waals surface area (Å²) >= 11 is 0. The molecule has 12 nitrogen and oxygen atoms in total. The molecule has 2 aromatic rings. The maximum atomic E-state index is 13.1. The molecule has 5 amide bonds. The largest absolute Gasteiger partial charge is 0.444 e. The third kappa shape index (κ3) is 16.8. The van der Waals surface area contributed by atoms with Crippen LogP contribution in [0.5, 0.6) is 0 Å². The highest BCUT2D eigenvalue weighted by atomic mass is 16.6. The molecule has 0 heterocycles. The maximum absolute atomic E-state index is 13.1. The maximum Gasteiger partial charge on any atom is 0.408 e. The first-order valence-electron chi connectivity index (χ1n) is 16.4. The molecule has 264 valence electrons. The monoisotopic (exact) mass is 667 g/mol. The lowest BCUT2D eigenvalue weighted by molar-refractivity contribution is -0.128. The molecule has 12 heteroatoms. The minimum atomic E-state index is -0.842. The molecule has 0 spiro atoms. The Morgan fingerprint density at radius 2 is 0.979 bits per heavy atom. The van der Waals surface area contributed by atoms with Gasteiger partial charge in [0.15, 0.2) is 0 Å². The summed E-state index contributed by atoms with van der Waals surface area (Å²) in [7, 11) is 0.